The topological polar surface area (TPSA) is 72.2 Å². The van der Waals surface area contributed by atoms with Gasteiger partial charge in [-0.3, -0.25) is 4.72 Å². The Morgan fingerprint density at radius 1 is 1.35 bits per heavy atom. The molecule has 20 heavy (non-hydrogen) atoms. The SMILES string of the molecule is Cc1cccc(NS(=O)(=O)c2ccc(C(N)=S)s2)c1Br. The Kier molecular flexibility index (Phi) is 4.48. The van der Waals surface area contributed by atoms with Crippen LogP contribution in [0.5, 0.6) is 0 Å². The van der Waals surface area contributed by atoms with Crippen LogP contribution in [0.3, 0.4) is 0 Å². The molecule has 4 nitrogen and oxygen atoms in total. The molecular weight excluding hydrogens is 380 g/mol. The number of anilines is 1. The summed E-state index contributed by atoms with van der Waals surface area (Å²) < 4.78 is 28.0. The van der Waals surface area contributed by atoms with Gasteiger partial charge in [-0.05, 0) is 46.6 Å². The summed E-state index contributed by atoms with van der Waals surface area (Å²) in [6, 6.07) is 8.46. The summed E-state index contributed by atoms with van der Waals surface area (Å²) in [7, 11) is -3.64. The predicted molar refractivity (Wildman–Crippen MR) is 89.9 cm³/mol. The molecule has 0 spiro atoms. The number of halogens is 1. The van der Waals surface area contributed by atoms with Crippen LogP contribution in [0.1, 0.15) is 10.4 Å². The van der Waals surface area contributed by atoms with Crippen molar-refractivity contribution >= 4 is 60.2 Å². The van der Waals surface area contributed by atoms with Gasteiger partial charge < -0.3 is 5.73 Å². The van der Waals surface area contributed by atoms with Crippen LogP contribution in [0.15, 0.2) is 39.0 Å². The summed E-state index contributed by atoms with van der Waals surface area (Å²) in [4.78, 5) is 0.761. The average Bonchev–Trinajstić information content (AvgIpc) is 2.85. The van der Waals surface area contributed by atoms with E-state index in [-0.39, 0.29) is 9.20 Å². The molecule has 0 fully saturated rings. The highest BCUT2D eigenvalue weighted by molar-refractivity contribution is 9.10. The number of aryl methyl sites for hydroxylation is 1. The lowest BCUT2D eigenvalue weighted by molar-refractivity contribution is 0.603. The van der Waals surface area contributed by atoms with Crippen molar-refractivity contribution < 1.29 is 8.42 Å². The summed E-state index contributed by atoms with van der Waals surface area (Å²) in [5.74, 6) is 0. The number of rotatable bonds is 4. The molecule has 8 heteroatoms. The van der Waals surface area contributed by atoms with E-state index in [2.05, 4.69) is 20.7 Å². The van der Waals surface area contributed by atoms with Crippen molar-refractivity contribution in [3.8, 4) is 0 Å². The van der Waals surface area contributed by atoms with Crippen molar-refractivity contribution in [1.82, 2.24) is 0 Å². The van der Waals surface area contributed by atoms with Crippen molar-refractivity contribution in [2.75, 3.05) is 4.72 Å². The van der Waals surface area contributed by atoms with Crippen LogP contribution in [-0.2, 0) is 10.0 Å². The van der Waals surface area contributed by atoms with Gasteiger partial charge in [0.25, 0.3) is 10.0 Å². The Bertz CT molecular complexity index is 769. The minimum atomic E-state index is -3.64. The number of hydrogen-bond donors (Lipinski definition) is 2. The molecule has 2 aromatic rings. The quantitative estimate of drug-likeness (QED) is 0.785. The summed E-state index contributed by atoms with van der Waals surface area (Å²) in [6.07, 6.45) is 0. The van der Waals surface area contributed by atoms with Gasteiger partial charge in [-0.15, -0.1) is 11.3 Å². The van der Waals surface area contributed by atoms with Crippen molar-refractivity contribution in [1.29, 1.82) is 0 Å². The third-order valence-corrected chi connectivity index (χ3v) is 6.90. The first-order valence-electron chi connectivity index (χ1n) is 5.49. The molecule has 2 rings (SSSR count). The number of benzene rings is 1. The van der Waals surface area contributed by atoms with Crippen LogP contribution in [0.4, 0.5) is 5.69 Å². The molecule has 0 bridgehead atoms. The summed E-state index contributed by atoms with van der Waals surface area (Å²) in [5.41, 5.74) is 6.93. The molecule has 0 aliphatic rings. The summed E-state index contributed by atoms with van der Waals surface area (Å²) >= 11 is 9.25. The second-order valence-electron chi connectivity index (χ2n) is 4.02. The summed E-state index contributed by atoms with van der Waals surface area (Å²) in [6.45, 7) is 1.89. The van der Waals surface area contributed by atoms with E-state index in [0.717, 1.165) is 21.4 Å². The number of thiocarbonyl (C=S) groups is 1. The van der Waals surface area contributed by atoms with Crippen LogP contribution in [0.25, 0.3) is 0 Å². The van der Waals surface area contributed by atoms with Crippen LogP contribution >= 0.6 is 39.5 Å². The molecule has 0 atom stereocenters. The molecule has 0 aliphatic carbocycles. The molecule has 1 aromatic carbocycles. The maximum Gasteiger partial charge on any atom is 0.271 e. The van der Waals surface area contributed by atoms with Crippen LogP contribution in [-0.4, -0.2) is 13.4 Å². The highest BCUT2D eigenvalue weighted by atomic mass is 79.9. The van der Waals surface area contributed by atoms with E-state index in [9.17, 15) is 8.42 Å². The molecular formula is C12H11BrN2O2S3. The fourth-order valence-electron chi connectivity index (χ4n) is 1.52. The zero-order valence-electron chi connectivity index (χ0n) is 10.4. The van der Waals surface area contributed by atoms with E-state index >= 15 is 0 Å². The van der Waals surface area contributed by atoms with Gasteiger partial charge in [0.2, 0.25) is 0 Å². The molecule has 0 unspecified atom stereocenters. The third kappa shape index (κ3) is 3.20. The third-order valence-electron chi connectivity index (χ3n) is 2.53. The van der Waals surface area contributed by atoms with Crippen molar-refractivity contribution in [2.24, 2.45) is 5.73 Å². The van der Waals surface area contributed by atoms with E-state index in [1.165, 1.54) is 6.07 Å². The number of nitrogens with one attached hydrogen (secondary N) is 1. The normalized spacial score (nSPS) is 11.3. The number of thiophene rings is 1. The Balaban J connectivity index is 2.35. The van der Waals surface area contributed by atoms with E-state index in [0.29, 0.717) is 10.6 Å². The molecule has 0 saturated carbocycles. The maximum atomic E-state index is 12.3. The molecule has 0 saturated heterocycles. The largest absolute Gasteiger partial charge is 0.389 e. The Labute approximate surface area is 135 Å². The van der Waals surface area contributed by atoms with E-state index in [1.54, 1.807) is 18.2 Å². The molecule has 0 aliphatic heterocycles. The maximum absolute atomic E-state index is 12.3. The second kappa shape index (κ2) is 5.80. The number of sulfonamides is 1. The fourth-order valence-corrected chi connectivity index (χ4v) is 4.44. The van der Waals surface area contributed by atoms with Crippen molar-refractivity contribution in [3.05, 3.63) is 45.2 Å². The lowest BCUT2D eigenvalue weighted by atomic mass is 10.2. The lowest BCUT2D eigenvalue weighted by Gasteiger charge is -2.09. The van der Waals surface area contributed by atoms with Crippen LogP contribution in [0.2, 0.25) is 0 Å². The number of hydrogen-bond acceptors (Lipinski definition) is 4. The van der Waals surface area contributed by atoms with Gasteiger partial charge >= 0.3 is 0 Å². The van der Waals surface area contributed by atoms with Gasteiger partial charge in [-0.25, -0.2) is 8.42 Å². The van der Waals surface area contributed by atoms with Crippen molar-refractivity contribution in [2.45, 2.75) is 11.1 Å². The second-order valence-corrected chi connectivity index (χ2v) is 8.25. The van der Waals surface area contributed by atoms with E-state index in [1.807, 2.05) is 13.0 Å². The lowest BCUT2D eigenvalue weighted by Crippen LogP contribution is -2.12. The average molecular weight is 391 g/mol. The van der Waals surface area contributed by atoms with E-state index < -0.39 is 10.0 Å². The Hall–Kier alpha value is -0.960. The minimum absolute atomic E-state index is 0.175. The molecule has 0 amide bonds. The molecule has 1 aromatic heterocycles. The highest BCUT2D eigenvalue weighted by Crippen LogP contribution is 2.29. The van der Waals surface area contributed by atoms with Gasteiger partial charge in [0.1, 0.15) is 9.20 Å². The molecule has 1 heterocycles. The predicted octanol–water partition coefficient (Wildman–Crippen LogP) is 3.25. The highest BCUT2D eigenvalue weighted by Gasteiger charge is 2.19. The Morgan fingerprint density at radius 3 is 2.65 bits per heavy atom. The first-order chi connectivity index (χ1) is 9.31. The van der Waals surface area contributed by atoms with E-state index in [4.69, 9.17) is 18.0 Å². The fraction of sp³-hybridized carbons (Fsp3) is 0.0833. The molecule has 3 N–H and O–H groups in total. The van der Waals surface area contributed by atoms with Gasteiger partial charge in [0, 0.05) is 4.47 Å². The minimum Gasteiger partial charge on any atom is -0.389 e. The van der Waals surface area contributed by atoms with Gasteiger partial charge in [0.05, 0.1) is 10.6 Å². The molecule has 0 radical (unpaired) electrons. The number of nitrogens with two attached hydrogens (primary N) is 1. The van der Waals surface area contributed by atoms with Gasteiger partial charge in [-0.2, -0.15) is 0 Å². The van der Waals surface area contributed by atoms with Gasteiger partial charge in [0.15, 0.2) is 0 Å². The molecule has 106 valence electrons. The first-order valence-corrected chi connectivity index (χ1v) is 8.99. The zero-order chi connectivity index (χ0) is 14.9. The van der Waals surface area contributed by atoms with Crippen LogP contribution < -0.4 is 10.5 Å². The summed E-state index contributed by atoms with van der Waals surface area (Å²) in [5, 5.41) is 0. The van der Waals surface area contributed by atoms with Crippen molar-refractivity contribution in [3.63, 3.8) is 0 Å². The monoisotopic (exact) mass is 390 g/mol. The zero-order valence-corrected chi connectivity index (χ0v) is 14.4. The standard InChI is InChI=1S/C12H11BrN2O2S3/c1-7-3-2-4-8(11(7)13)15-20(16,17)10-6-5-9(19-10)12(14)18/h2-6,15H,1H3,(H2,14,18). The Morgan fingerprint density at radius 2 is 2.05 bits per heavy atom. The smallest absolute Gasteiger partial charge is 0.271 e. The first kappa shape index (κ1) is 15.4. The van der Waals surface area contributed by atoms with Gasteiger partial charge in [-0.1, -0.05) is 24.4 Å². The van der Waals surface area contributed by atoms with Crippen LogP contribution in [0, 0.1) is 6.92 Å².